The highest BCUT2D eigenvalue weighted by Crippen LogP contribution is 2.47. The first kappa shape index (κ1) is 24.3. The van der Waals surface area contributed by atoms with Crippen molar-refractivity contribution in [2.75, 3.05) is 0 Å². The predicted molar refractivity (Wildman–Crippen MR) is 181 cm³/mol. The summed E-state index contributed by atoms with van der Waals surface area (Å²) in [5.74, 6) is 0. The third-order valence-corrected chi connectivity index (χ3v) is 8.47. The van der Waals surface area contributed by atoms with Gasteiger partial charge in [0.2, 0.25) is 0 Å². The van der Waals surface area contributed by atoms with E-state index in [2.05, 4.69) is 170 Å². The van der Waals surface area contributed by atoms with Gasteiger partial charge in [-0.3, -0.25) is 0 Å². The Hall–Kier alpha value is -5.46. The van der Waals surface area contributed by atoms with Crippen LogP contribution in [-0.2, 0) is 0 Å². The normalized spacial score (nSPS) is 11.3. The predicted octanol–water partition coefficient (Wildman–Crippen LogP) is 11.8. The lowest BCUT2D eigenvalue weighted by Gasteiger charge is -2.20. The molecule has 0 fully saturated rings. The summed E-state index contributed by atoms with van der Waals surface area (Å²) in [4.78, 5) is 0. The molecule has 0 aliphatic rings. The zero-order chi connectivity index (χ0) is 27.9. The van der Waals surface area contributed by atoms with Gasteiger partial charge in [0.25, 0.3) is 0 Å². The van der Waals surface area contributed by atoms with Crippen LogP contribution in [0.2, 0.25) is 0 Å². The van der Waals surface area contributed by atoms with Crippen LogP contribution in [0, 0.1) is 0 Å². The van der Waals surface area contributed by atoms with Crippen LogP contribution in [0.3, 0.4) is 0 Å². The van der Waals surface area contributed by atoms with Crippen molar-refractivity contribution < 1.29 is 0 Å². The summed E-state index contributed by atoms with van der Waals surface area (Å²) in [5, 5.41) is 7.60. The summed E-state index contributed by atoms with van der Waals surface area (Å²) in [6.07, 6.45) is 0. The maximum Gasteiger partial charge on any atom is -0.00201 e. The van der Waals surface area contributed by atoms with Crippen molar-refractivity contribution in [1.29, 1.82) is 0 Å². The summed E-state index contributed by atoms with van der Waals surface area (Å²) in [5.41, 5.74) is 10.0. The molecule has 0 N–H and O–H groups in total. The summed E-state index contributed by atoms with van der Waals surface area (Å²) in [7, 11) is 0. The third-order valence-electron chi connectivity index (χ3n) is 8.47. The van der Waals surface area contributed by atoms with Crippen LogP contribution in [0.25, 0.3) is 76.8 Å². The molecule has 0 radical (unpaired) electrons. The smallest absolute Gasteiger partial charge is 0.00201 e. The average Bonchev–Trinajstić information content (AvgIpc) is 3.07. The molecule has 0 saturated carbocycles. The van der Waals surface area contributed by atoms with Gasteiger partial charge < -0.3 is 0 Å². The van der Waals surface area contributed by atoms with E-state index in [1.54, 1.807) is 0 Å². The van der Waals surface area contributed by atoms with Gasteiger partial charge in [0.15, 0.2) is 0 Å². The van der Waals surface area contributed by atoms with E-state index in [0.717, 1.165) is 0 Å². The number of benzene rings is 8. The second-order valence-corrected chi connectivity index (χ2v) is 10.9. The number of fused-ring (bicyclic) bond motifs is 3. The Morgan fingerprint density at radius 3 is 1.33 bits per heavy atom. The van der Waals surface area contributed by atoms with E-state index >= 15 is 0 Å². The Morgan fingerprint density at radius 1 is 0.238 bits per heavy atom. The second-order valence-electron chi connectivity index (χ2n) is 10.9. The molecule has 0 saturated heterocycles. The second kappa shape index (κ2) is 10.2. The molecule has 0 aliphatic carbocycles. The van der Waals surface area contributed by atoms with Crippen LogP contribution >= 0.6 is 0 Å². The number of rotatable bonds is 4. The topological polar surface area (TPSA) is 0 Å². The van der Waals surface area contributed by atoms with Crippen molar-refractivity contribution in [2.24, 2.45) is 0 Å². The Labute approximate surface area is 246 Å². The summed E-state index contributed by atoms with van der Waals surface area (Å²) < 4.78 is 0. The number of hydrogen-bond donors (Lipinski definition) is 0. The minimum absolute atomic E-state index is 1.23. The molecule has 8 aromatic rings. The van der Waals surface area contributed by atoms with E-state index in [1.807, 2.05) is 0 Å². The SMILES string of the molecule is c1ccc(-c2ccccc2-c2ccccc2-c2c3ccccc3c(-c3ccc4ccccc4c3)c3ccccc23)cc1. The van der Waals surface area contributed by atoms with Crippen LogP contribution in [0.4, 0.5) is 0 Å². The fraction of sp³-hybridized carbons (Fsp3) is 0. The summed E-state index contributed by atoms with van der Waals surface area (Å²) in [6, 6.07) is 61.7. The summed E-state index contributed by atoms with van der Waals surface area (Å²) in [6.45, 7) is 0. The van der Waals surface area contributed by atoms with Gasteiger partial charge in [-0.2, -0.15) is 0 Å². The largest absolute Gasteiger partial charge is 0.0622 e. The lowest BCUT2D eigenvalue weighted by Crippen LogP contribution is -1.93. The van der Waals surface area contributed by atoms with Gasteiger partial charge in [0, 0.05) is 0 Å². The van der Waals surface area contributed by atoms with Gasteiger partial charge in [-0.05, 0) is 82.9 Å². The fourth-order valence-corrected chi connectivity index (χ4v) is 6.60. The van der Waals surface area contributed by atoms with Crippen LogP contribution in [-0.4, -0.2) is 0 Å². The van der Waals surface area contributed by atoms with Crippen LogP contribution in [0.15, 0.2) is 170 Å². The minimum Gasteiger partial charge on any atom is -0.0622 e. The molecule has 0 atom stereocenters. The van der Waals surface area contributed by atoms with Gasteiger partial charge in [0.05, 0.1) is 0 Å². The van der Waals surface area contributed by atoms with Crippen LogP contribution in [0.1, 0.15) is 0 Å². The van der Waals surface area contributed by atoms with Gasteiger partial charge in [-0.25, -0.2) is 0 Å². The fourth-order valence-electron chi connectivity index (χ4n) is 6.60. The zero-order valence-electron chi connectivity index (χ0n) is 23.2. The molecule has 42 heavy (non-hydrogen) atoms. The quantitative estimate of drug-likeness (QED) is 0.198. The molecule has 8 aromatic carbocycles. The van der Waals surface area contributed by atoms with Crippen molar-refractivity contribution in [2.45, 2.75) is 0 Å². The lowest BCUT2D eigenvalue weighted by molar-refractivity contribution is 1.58. The molecule has 0 bridgehead atoms. The molecule has 0 nitrogen and oxygen atoms in total. The van der Waals surface area contributed by atoms with Crippen molar-refractivity contribution in [3.8, 4) is 44.5 Å². The molecular weight excluding hydrogens is 504 g/mol. The Kier molecular flexibility index (Phi) is 5.90. The van der Waals surface area contributed by atoms with Crippen molar-refractivity contribution >= 4 is 32.3 Å². The Balaban J connectivity index is 1.45. The molecule has 0 aliphatic heterocycles. The van der Waals surface area contributed by atoms with Crippen molar-refractivity contribution in [3.63, 3.8) is 0 Å². The highest BCUT2D eigenvalue weighted by atomic mass is 14.2. The summed E-state index contributed by atoms with van der Waals surface area (Å²) >= 11 is 0. The molecule has 0 spiro atoms. The molecule has 0 unspecified atom stereocenters. The van der Waals surface area contributed by atoms with Gasteiger partial charge >= 0.3 is 0 Å². The first-order chi connectivity index (χ1) is 20.9. The maximum atomic E-state index is 2.34. The standard InChI is InChI=1S/C42H28/c1-2-15-30(16-3-1)33-18-6-7-19-34(33)35-20-8-9-21-36(35)42-39-24-12-10-22-37(39)41(38-23-11-13-25-40(38)42)32-27-26-29-14-4-5-17-31(29)28-32/h1-28H. The van der Waals surface area contributed by atoms with E-state index in [0.29, 0.717) is 0 Å². The molecule has 0 amide bonds. The van der Waals surface area contributed by atoms with Crippen molar-refractivity contribution in [3.05, 3.63) is 170 Å². The molecule has 0 heterocycles. The monoisotopic (exact) mass is 532 g/mol. The van der Waals surface area contributed by atoms with Gasteiger partial charge in [0.1, 0.15) is 0 Å². The third kappa shape index (κ3) is 4.00. The molecule has 196 valence electrons. The zero-order valence-corrected chi connectivity index (χ0v) is 23.2. The molecular formula is C42H28. The molecule has 8 rings (SSSR count). The first-order valence-electron chi connectivity index (χ1n) is 14.5. The molecule has 0 heteroatoms. The highest BCUT2D eigenvalue weighted by molar-refractivity contribution is 6.22. The van der Waals surface area contributed by atoms with E-state index in [1.165, 1.54) is 76.8 Å². The van der Waals surface area contributed by atoms with E-state index in [9.17, 15) is 0 Å². The Morgan fingerprint density at radius 2 is 0.690 bits per heavy atom. The lowest BCUT2D eigenvalue weighted by atomic mass is 9.82. The maximum absolute atomic E-state index is 2.34. The minimum atomic E-state index is 1.23. The number of hydrogen-bond acceptors (Lipinski definition) is 0. The first-order valence-corrected chi connectivity index (χ1v) is 14.5. The van der Waals surface area contributed by atoms with Gasteiger partial charge in [-0.15, -0.1) is 0 Å². The molecule has 0 aromatic heterocycles. The van der Waals surface area contributed by atoms with Gasteiger partial charge in [-0.1, -0.05) is 164 Å². The van der Waals surface area contributed by atoms with Crippen LogP contribution < -0.4 is 0 Å². The van der Waals surface area contributed by atoms with E-state index in [4.69, 9.17) is 0 Å². The van der Waals surface area contributed by atoms with Crippen molar-refractivity contribution in [1.82, 2.24) is 0 Å². The Bertz CT molecular complexity index is 2180. The van der Waals surface area contributed by atoms with E-state index < -0.39 is 0 Å². The highest BCUT2D eigenvalue weighted by Gasteiger charge is 2.19. The van der Waals surface area contributed by atoms with E-state index in [-0.39, 0.29) is 0 Å². The average molecular weight is 533 g/mol. The van der Waals surface area contributed by atoms with Crippen LogP contribution in [0.5, 0.6) is 0 Å².